The molecule has 1 N–H and O–H groups in total. The van der Waals surface area contributed by atoms with Crippen molar-refractivity contribution >= 4 is 21.6 Å². The lowest BCUT2D eigenvalue weighted by Crippen LogP contribution is -2.35. The summed E-state index contributed by atoms with van der Waals surface area (Å²) in [5.41, 5.74) is 1.38. The minimum atomic E-state index is -3.58. The number of aromatic nitrogens is 4. The predicted molar refractivity (Wildman–Crippen MR) is 108 cm³/mol. The van der Waals surface area contributed by atoms with E-state index in [-0.39, 0.29) is 17.5 Å². The SMILES string of the molecule is CC(=O)Nc1ccc(-c2nc(Cn3cnc(S(=O)(=O)N4CCCCC4)c3)no2)cc1. The van der Waals surface area contributed by atoms with Crippen molar-refractivity contribution in [3.63, 3.8) is 0 Å². The van der Waals surface area contributed by atoms with Crippen LogP contribution < -0.4 is 5.32 Å². The molecule has 1 aliphatic heterocycles. The molecule has 1 aromatic carbocycles. The molecule has 3 aromatic rings. The molecule has 10 nitrogen and oxygen atoms in total. The Kier molecular flexibility index (Phi) is 5.64. The van der Waals surface area contributed by atoms with Gasteiger partial charge < -0.3 is 14.4 Å². The number of anilines is 1. The summed E-state index contributed by atoms with van der Waals surface area (Å²) >= 11 is 0. The summed E-state index contributed by atoms with van der Waals surface area (Å²) in [6, 6.07) is 7.02. The third-order valence-electron chi connectivity index (χ3n) is 4.77. The second-order valence-corrected chi connectivity index (χ2v) is 9.01. The fourth-order valence-corrected chi connectivity index (χ4v) is 4.75. The number of carbonyl (C=O) groups excluding carboxylic acids is 1. The third kappa shape index (κ3) is 4.41. The van der Waals surface area contributed by atoms with Crippen LogP contribution in [0, 0.1) is 0 Å². The summed E-state index contributed by atoms with van der Waals surface area (Å²) in [6.45, 7) is 2.74. The minimum Gasteiger partial charge on any atom is -0.334 e. The molecule has 4 rings (SSSR count). The highest BCUT2D eigenvalue weighted by atomic mass is 32.2. The van der Waals surface area contributed by atoms with E-state index in [1.165, 1.54) is 23.8 Å². The van der Waals surface area contributed by atoms with Gasteiger partial charge >= 0.3 is 0 Å². The first-order valence-electron chi connectivity index (χ1n) is 9.64. The summed E-state index contributed by atoms with van der Waals surface area (Å²) in [5, 5.41) is 6.68. The van der Waals surface area contributed by atoms with Crippen molar-refractivity contribution in [3.05, 3.63) is 42.6 Å². The van der Waals surface area contributed by atoms with E-state index in [0.717, 1.165) is 19.3 Å². The molecule has 30 heavy (non-hydrogen) atoms. The van der Waals surface area contributed by atoms with Crippen LogP contribution in [0.25, 0.3) is 11.5 Å². The molecule has 0 bridgehead atoms. The molecule has 0 saturated carbocycles. The molecule has 1 amide bonds. The molecule has 2 aromatic heterocycles. The van der Waals surface area contributed by atoms with Crippen LogP contribution in [0.15, 0.2) is 46.3 Å². The first-order valence-corrected chi connectivity index (χ1v) is 11.1. The van der Waals surface area contributed by atoms with E-state index in [1.807, 2.05) is 0 Å². The molecule has 1 saturated heterocycles. The van der Waals surface area contributed by atoms with Crippen molar-refractivity contribution in [3.8, 4) is 11.5 Å². The summed E-state index contributed by atoms with van der Waals surface area (Å²) in [5.74, 6) is 0.584. The number of amides is 1. The maximum atomic E-state index is 12.7. The Balaban J connectivity index is 1.45. The molecule has 0 aliphatic carbocycles. The average Bonchev–Trinajstić information content (AvgIpc) is 3.39. The fraction of sp³-hybridized carbons (Fsp3) is 0.368. The number of hydrogen-bond donors (Lipinski definition) is 1. The predicted octanol–water partition coefficient (Wildman–Crippen LogP) is 2.11. The van der Waals surface area contributed by atoms with Gasteiger partial charge in [-0.25, -0.2) is 13.4 Å². The van der Waals surface area contributed by atoms with E-state index in [4.69, 9.17) is 4.52 Å². The second kappa shape index (κ2) is 8.36. The largest absolute Gasteiger partial charge is 0.334 e. The number of nitrogens with zero attached hydrogens (tertiary/aromatic N) is 5. The summed E-state index contributed by atoms with van der Waals surface area (Å²) < 4.78 is 33.8. The van der Waals surface area contributed by atoms with Gasteiger partial charge in [0.2, 0.25) is 5.91 Å². The Morgan fingerprint density at radius 2 is 1.90 bits per heavy atom. The van der Waals surface area contributed by atoms with E-state index >= 15 is 0 Å². The summed E-state index contributed by atoms with van der Waals surface area (Å²) in [4.78, 5) is 19.5. The standard InChI is InChI=1S/C19H22N6O4S/c1-14(26)21-16-7-5-15(6-8-16)19-22-17(23-29-19)11-24-12-18(20-13-24)30(27,28)25-9-3-2-4-10-25/h5-8,12-13H,2-4,9-11H2,1H3,(H,21,26). The van der Waals surface area contributed by atoms with Crippen LogP contribution in [-0.2, 0) is 21.4 Å². The first-order chi connectivity index (χ1) is 14.4. The summed E-state index contributed by atoms with van der Waals surface area (Å²) in [6.07, 6.45) is 5.74. The Labute approximate surface area is 174 Å². The van der Waals surface area contributed by atoms with Crippen molar-refractivity contribution < 1.29 is 17.7 Å². The monoisotopic (exact) mass is 430 g/mol. The highest BCUT2D eigenvalue weighted by Gasteiger charge is 2.28. The van der Waals surface area contributed by atoms with Crippen molar-refractivity contribution in [1.82, 2.24) is 24.0 Å². The number of carbonyl (C=O) groups is 1. The van der Waals surface area contributed by atoms with E-state index in [2.05, 4.69) is 20.4 Å². The fourth-order valence-electron chi connectivity index (χ4n) is 3.29. The number of hydrogen-bond acceptors (Lipinski definition) is 7. The zero-order valence-corrected chi connectivity index (χ0v) is 17.3. The molecule has 11 heteroatoms. The van der Waals surface area contributed by atoms with Crippen molar-refractivity contribution in [2.24, 2.45) is 0 Å². The van der Waals surface area contributed by atoms with Crippen LogP contribution in [0.4, 0.5) is 5.69 Å². The molecular weight excluding hydrogens is 408 g/mol. The van der Waals surface area contributed by atoms with Gasteiger partial charge in [0.15, 0.2) is 10.9 Å². The molecule has 1 fully saturated rings. The average molecular weight is 430 g/mol. The highest BCUT2D eigenvalue weighted by Crippen LogP contribution is 2.21. The van der Waals surface area contributed by atoms with E-state index < -0.39 is 10.0 Å². The summed E-state index contributed by atoms with van der Waals surface area (Å²) in [7, 11) is -3.58. The molecule has 3 heterocycles. The smallest absolute Gasteiger partial charge is 0.262 e. The third-order valence-corrected chi connectivity index (χ3v) is 6.56. The maximum absolute atomic E-state index is 12.7. The van der Waals surface area contributed by atoms with Crippen LogP contribution in [0.5, 0.6) is 0 Å². The second-order valence-electron chi connectivity index (χ2n) is 7.12. The van der Waals surface area contributed by atoms with Crippen molar-refractivity contribution in [2.45, 2.75) is 37.8 Å². The number of benzene rings is 1. The minimum absolute atomic E-state index is 0.0293. The Morgan fingerprint density at radius 1 is 1.17 bits per heavy atom. The number of rotatable bonds is 6. The number of imidazole rings is 1. The number of sulfonamides is 1. The van der Waals surface area contributed by atoms with Gasteiger partial charge in [-0.05, 0) is 37.1 Å². The molecule has 0 unspecified atom stereocenters. The molecule has 158 valence electrons. The van der Waals surface area contributed by atoms with Gasteiger partial charge in [-0.3, -0.25) is 4.79 Å². The van der Waals surface area contributed by atoms with E-state index in [9.17, 15) is 13.2 Å². The Bertz CT molecular complexity index is 1130. The molecule has 0 atom stereocenters. The van der Waals surface area contributed by atoms with Gasteiger partial charge in [-0.2, -0.15) is 9.29 Å². The zero-order chi connectivity index (χ0) is 21.1. The van der Waals surface area contributed by atoms with Gasteiger partial charge in [0, 0.05) is 37.5 Å². The van der Waals surface area contributed by atoms with Crippen LogP contribution >= 0.6 is 0 Å². The zero-order valence-electron chi connectivity index (χ0n) is 16.5. The van der Waals surface area contributed by atoms with Crippen LogP contribution in [0.1, 0.15) is 32.0 Å². The van der Waals surface area contributed by atoms with Gasteiger partial charge in [-0.1, -0.05) is 11.6 Å². The van der Waals surface area contributed by atoms with Gasteiger partial charge in [0.1, 0.15) is 0 Å². The molecule has 0 spiro atoms. The molecule has 1 aliphatic rings. The lowest BCUT2D eigenvalue weighted by Gasteiger charge is -2.24. The quantitative estimate of drug-likeness (QED) is 0.635. The van der Waals surface area contributed by atoms with E-state index in [1.54, 1.807) is 28.8 Å². The normalized spacial score (nSPS) is 15.2. The van der Waals surface area contributed by atoms with Gasteiger partial charge in [0.25, 0.3) is 15.9 Å². The number of nitrogens with one attached hydrogen (secondary N) is 1. The van der Waals surface area contributed by atoms with Crippen molar-refractivity contribution in [1.29, 1.82) is 0 Å². The lowest BCUT2D eigenvalue weighted by molar-refractivity contribution is -0.114. The maximum Gasteiger partial charge on any atom is 0.262 e. The lowest BCUT2D eigenvalue weighted by atomic mass is 10.2. The number of piperidine rings is 1. The highest BCUT2D eigenvalue weighted by molar-refractivity contribution is 7.89. The molecule has 0 radical (unpaired) electrons. The van der Waals surface area contributed by atoms with Crippen molar-refractivity contribution in [2.75, 3.05) is 18.4 Å². The van der Waals surface area contributed by atoms with Gasteiger partial charge in [0.05, 0.1) is 12.9 Å². The topological polar surface area (TPSA) is 123 Å². The Morgan fingerprint density at radius 3 is 2.60 bits per heavy atom. The van der Waals surface area contributed by atoms with Crippen LogP contribution in [0.2, 0.25) is 0 Å². The van der Waals surface area contributed by atoms with Gasteiger partial charge in [-0.15, -0.1) is 0 Å². The molecular formula is C19H22N6O4S. The first kappa shape index (κ1) is 20.2. The van der Waals surface area contributed by atoms with Crippen LogP contribution in [0.3, 0.4) is 0 Å². The van der Waals surface area contributed by atoms with E-state index in [0.29, 0.717) is 36.1 Å². The van der Waals surface area contributed by atoms with Crippen LogP contribution in [-0.4, -0.2) is 51.4 Å². The Hall–Kier alpha value is -3.05.